The molecule has 0 aliphatic heterocycles. The van der Waals surface area contributed by atoms with Crippen molar-refractivity contribution in [2.45, 2.75) is 0 Å². The molecule has 0 amide bonds. The van der Waals surface area contributed by atoms with Crippen LogP contribution in [0.15, 0.2) is 10.7 Å². The van der Waals surface area contributed by atoms with Gasteiger partial charge in [0.25, 0.3) is 0 Å². The molecule has 2 nitrogen and oxygen atoms in total. The zero-order chi connectivity index (χ0) is 6.85. The Morgan fingerprint density at radius 3 is 2.67 bits per heavy atom. The van der Waals surface area contributed by atoms with Crippen molar-refractivity contribution in [3.05, 3.63) is 21.4 Å². The van der Waals surface area contributed by atoms with Gasteiger partial charge in [-0.15, -0.1) is 0 Å². The van der Waals surface area contributed by atoms with Crippen molar-refractivity contribution in [1.29, 1.82) is 0 Å². The summed E-state index contributed by atoms with van der Waals surface area (Å²) in [6, 6.07) is 1.55. The van der Waals surface area contributed by atoms with E-state index in [1.54, 1.807) is 6.07 Å². The fourth-order valence-corrected chi connectivity index (χ4v) is 0.994. The van der Waals surface area contributed by atoms with Gasteiger partial charge in [0.15, 0.2) is 6.29 Å². The van der Waals surface area contributed by atoms with Crippen molar-refractivity contribution >= 4 is 33.8 Å². The molecule has 4 heteroatoms. The lowest BCUT2D eigenvalue weighted by atomic mass is 10.5. The maximum Gasteiger partial charge on any atom is 0.166 e. The third-order valence-corrected chi connectivity index (χ3v) is 2.02. The molecule has 0 radical (unpaired) electrons. The molecule has 1 heterocycles. The SMILES string of the molecule is O=Cc1cc(Cl)c(Br)[nH]1. The van der Waals surface area contributed by atoms with E-state index in [9.17, 15) is 4.79 Å². The number of nitrogens with one attached hydrogen (secondary N) is 1. The van der Waals surface area contributed by atoms with Crippen molar-refractivity contribution in [3.8, 4) is 0 Å². The smallest absolute Gasteiger partial charge is 0.166 e. The number of hydrogen-bond acceptors (Lipinski definition) is 1. The molecule has 0 fully saturated rings. The molecule has 0 saturated carbocycles. The van der Waals surface area contributed by atoms with Gasteiger partial charge in [0.05, 0.1) is 10.7 Å². The van der Waals surface area contributed by atoms with Gasteiger partial charge in [0.2, 0.25) is 0 Å². The van der Waals surface area contributed by atoms with Gasteiger partial charge in [0, 0.05) is 0 Å². The Balaban J connectivity index is 3.11. The van der Waals surface area contributed by atoms with Crippen LogP contribution in [-0.4, -0.2) is 11.3 Å². The van der Waals surface area contributed by atoms with Crippen molar-refractivity contribution in [2.75, 3.05) is 0 Å². The molecule has 0 bridgehead atoms. The predicted molar refractivity (Wildman–Crippen MR) is 38.9 cm³/mol. The first-order valence-electron chi connectivity index (χ1n) is 2.23. The molecule has 1 N–H and O–H groups in total. The van der Waals surface area contributed by atoms with E-state index in [2.05, 4.69) is 20.9 Å². The normalized spacial score (nSPS) is 9.56. The van der Waals surface area contributed by atoms with E-state index in [0.29, 0.717) is 21.6 Å². The second-order valence-electron chi connectivity index (χ2n) is 1.50. The minimum atomic E-state index is 0.479. The zero-order valence-electron chi connectivity index (χ0n) is 4.32. The molecule has 9 heavy (non-hydrogen) atoms. The monoisotopic (exact) mass is 207 g/mol. The quantitative estimate of drug-likeness (QED) is 0.706. The number of carbonyl (C=O) groups is 1. The van der Waals surface area contributed by atoms with Crippen LogP contribution in [0.1, 0.15) is 10.5 Å². The fourth-order valence-electron chi connectivity index (χ4n) is 0.486. The summed E-state index contributed by atoms with van der Waals surface area (Å²) in [5.41, 5.74) is 0.479. The standard InChI is InChI=1S/C5H3BrClNO/c6-5-4(7)1-3(2-9)8-5/h1-2,8H. The topological polar surface area (TPSA) is 32.9 Å². The van der Waals surface area contributed by atoms with Crippen LogP contribution < -0.4 is 0 Å². The number of aldehydes is 1. The average molecular weight is 208 g/mol. The highest BCUT2D eigenvalue weighted by atomic mass is 79.9. The van der Waals surface area contributed by atoms with Crippen LogP contribution >= 0.6 is 27.5 Å². The average Bonchev–Trinajstić information content (AvgIpc) is 2.13. The van der Waals surface area contributed by atoms with Gasteiger partial charge < -0.3 is 4.98 Å². The second kappa shape index (κ2) is 2.54. The van der Waals surface area contributed by atoms with E-state index in [4.69, 9.17) is 11.6 Å². The fraction of sp³-hybridized carbons (Fsp3) is 0. The summed E-state index contributed by atoms with van der Waals surface area (Å²) < 4.78 is 0.645. The number of carbonyl (C=O) groups excluding carboxylic acids is 1. The highest BCUT2D eigenvalue weighted by Crippen LogP contribution is 2.21. The van der Waals surface area contributed by atoms with Crippen molar-refractivity contribution in [3.63, 3.8) is 0 Å². The van der Waals surface area contributed by atoms with Crippen molar-refractivity contribution in [1.82, 2.24) is 4.98 Å². The largest absolute Gasteiger partial charge is 0.346 e. The van der Waals surface area contributed by atoms with Gasteiger partial charge in [-0.3, -0.25) is 4.79 Å². The first-order valence-corrected chi connectivity index (χ1v) is 3.40. The highest BCUT2D eigenvalue weighted by Gasteiger charge is 1.99. The molecule has 0 aliphatic rings. The molecule has 0 spiro atoms. The van der Waals surface area contributed by atoms with Crippen molar-refractivity contribution < 1.29 is 4.79 Å². The van der Waals surface area contributed by atoms with E-state index in [1.165, 1.54) is 0 Å². The number of hydrogen-bond donors (Lipinski definition) is 1. The summed E-state index contributed by atoms with van der Waals surface area (Å²) in [4.78, 5) is 12.8. The van der Waals surface area contributed by atoms with Gasteiger partial charge in [-0.2, -0.15) is 0 Å². The van der Waals surface area contributed by atoms with E-state index >= 15 is 0 Å². The minimum Gasteiger partial charge on any atom is -0.346 e. The lowest BCUT2D eigenvalue weighted by Crippen LogP contribution is -1.74. The molecule has 1 aromatic heterocycles. The lowest BCUT2D eigenvalue weighted by Gasteiger charge is -1.77. The Kier molecular flexibility index (Phi) is 1.93. The van der Waals surface area contributed by atoms with Crippen LogP contribution in [0.25, 0.3) is 0 Å². The Morgan fingerprint density at radius 1 is 1.78 bits per heavy atom. The molecule has 0 atom stereocenters. The summed E-state index contributed by atoms with van der Waals surface area (Å²) in [5.74, 6) is 0. The Labute approximate surface area is 65.3 Å². The molecular weight excluding hydrogens is 205 g/mol. The van der Waals surface area contributed by atoms with Crippen LogP contribution in [0, 0.1) is 0 Å². The zero-order valence-corrected chi connectivity index (χ0v) is 6.66. The molecule has 1 rings (SSSR count). The third kappa shape index (κ3) is 1.34. The van der Waals surface area contributed by atoms with Crippen molar-refractivity contribution in [2.24, 2.45) is 0 Å². The van der Waals surface area contributed by atoms with E-state index < -0.39 is 0 Å². The number of rotatable bonds is 1. The predicted octanol–water partition coefficient (Wildman–Crippen LogP) is 2.24. The highest BCUT2D eigenvalue weighted by molar-refractivity contribution is 9.10. The first-order chi connectivity index (χ1) is 4.24. The summed E-state index contributed by atoms with van der Waals surface area (Å²) in [7, 11) is 0. The summed E-state index contributed by atoms with van der Waals surface area (Å²) in [5, 5.41) is 0.525. The van der Waals surface area contributed by atoms with Gasteiger partial charge in [0.1, 0.15) is 4.60 Å². The Hall–Kier alpha value is -0.280. The van der Waals surface area contributed by atoms with Gasteiger partial charge in [-0.25, -0.2) is 0 Å². The maximum absolute atomic E-state index is 10.1. The molecule has 0 aromatic carbocycles. The van der Waals surface area contributed by atoms with Gasteiger partial charge >= 0.3 is 0 Å². The number of H-pyrrole nitrogens is 1. The van der Waals surface area contributed by atoms with Crippen LogP contribution in [0.3, 0.4) is 0 Å². The van der Waals surface area contributed by atoms with E-state index in [1.807, 2.05) is 0 Å². The molecule has 48 valence electrons. The summed E-state index contributed by atoms with van der Waals surface area (Å²) in [6.45, 7) is 0. The molecular formula is C5H3BrClNO. The molecule has 1 aromatic rings. The lowest BCUT2D eigenvalue weighted by molar-refractivity contribution is 0.111. The molecule has 0 unspecified atom stereocenters. The summed E-state index contributed by atoms with van der Waals surface area (Å²) in [6.07, 6.45) is 0.705. The number of aromatic nitrogens is 1. The minimum absolute atomic E-state index is 0.479. The van der Waals surface area contributed by atoms with Crippen LogP contribution in [0.4, 0.5) is 0 Å². The van der Waals surface area contributed by atoms with Crippen LogP contribution in [0.5, 0.6) is 0 Å². The third-order valence-electron chi connectivity index (χ3n) is 0.873. The van der Waals surface area contributed by atoms with Crippen LogP contribution in [-0.2, 0) is 0 Å². The first kappa shape index (κ1) is 6.83. The second-order valence-corrected chi connectivity index (χ2v) is 2.70. The van der Waals surface area contributed by atoms with Gasteiger partial charge in [-0.05, 0) is 22.0 Å². The van der Waals surface area contributed by atoms with E-state index in [-0.39, 0.29) is 0 Å². The van der Waals surface area contributed by atoms with Gasteiger partial charge in [-0.1, -0.05) is 11.6 Å². The number of aromatic amines is 1. The summed E-state index contributed by atoms with van der Waals surface area (Å²) >= 11 is 8.68. The van der Waals surface area contributed by atoms with Crippen LogP contribution in [0.2, 0.25) is 5.02 Å². The molecule has 0 saturated heterocycles. The Bertz CT molecular complexity index is 213. The van der Waals surface area contributed by atoms with E-state index in [0.717, 1.165) is 0 Å². The number of halogens is 2. The molecule has 0 aliphatic carbocycles. The Morgan fingerprint density at radius 2 is 2.44 bits per heavy atom. The maximum atomic E-state index is 10.1.